The number of H-pyrrole nitrogens is 1. The molecule has 0 amide bonds. The third kappa shape index (κ3) is 3.87. The standard InChI is InChI=1S/C26H29N5O3/c27-18-11-20(33)13-31(12-18)26-21-5-4-19(32)8-17(21)10-24(28-26)25-22-9-15(3-6-23(22)29-30-25)16-2-1-7-34-14-16/h3-6,8-10,16,18,20,32-33H,1-2,7,11-14,27H2,(H,29,30)/t16?,18-,20+/m0/s1. The second kappa shape index (κ2) is 8.54. The Bertz CT molecular complexity index is 1340. The maximum Gasteiger partial charge on any atom is 0.137 e. The normalized spacial score (nSPS) is 23.6. The van der Waals surface area contributed by atoms with Gasteiger partial charge in [0.2, 0.25) is 0 Å². The van der Waals surface area contributed by atoms with Gasteiger partial charge in [-0.1, -0.05) is 6.07 Å². The van der Waals surface area contributed by atoms with Crippen LogP contribution in [0.2, 0.25) is 0 Å². The van der Waals surface area contributed by atoms with Gasteiger partial charge in [-0.2, -0.15) is 5.10 Å². The lowest BCUT2D eigenvalue weighted by Crippen LogP contribution is -2.49. The smallest absolute Gasteiger partial charge is 0.137 e. The summed E-state index contributed by atoms with van der Waals surface area (Å²) in [5.41, 5.74) is 9.90. The van der Waals surface area contributed by atoms with Gasteiger partial charge in [-0.25, -0.2) is 4.98 Å². The number of piperidine rings is 1. The maximum absolute atomic E-state index is 10.4. The highest BCUT2D eigenvalue weighted by molar-refractivity contribution is 5.99. The van der Waals surface area contributed by atoms with Gasteiger partial charge in [0.15, 0.2) is 0 Å². The molecule has 2 aliphatic rings. The molecule has 0 radical (unpaired) electrons. The molecule has 2 aromatic heterocycles. The maximum atomic E-state index is 10.4. The molecule has 0 bridgehead atoms. The number of aromatic amines is 1. The highest BCUT2D eigenvalue weighted by Crippen LogP contribution is 2.36. The van der Waals surface area contributed by atoms with Crippen LogP contribution in [-0.4, -0.2) is 63.8 Å². The molecule has 4 aromatic rings. The third-order valence-electron chi connectivity index (χ3n) is 7.02. The van der Waals surface area contributed by atoms with E-state index >= 15 is 0 Å². The number of ether oxygens (including phenoxy) is 1. The highest BCUT2D eigenvalue weighted by Gasteiger charge is 2.27. The Morgan fingerprint density at radius 2 is 2.00 bits per heavy atom. The van der Waals surface area contributed by atoms with Crippen molar-refractivity contribution >= 4 is 27.5 Å². The Kier molecular flexibility index (Phi) is 5.36. The van der Waals surface area contributed by atoms with Crippen LogP contribution in [0.4, 0.5) is 5.82 Å². The fourth-order valence-corrected chi connectivity index (χ4v) is 5.36. The van der Waals surface area contributed by atoms with Gasteiger partial charge >= 0.3 is 0 Å². The van der Waals surface area contributed by atoms with Crippen LogP contribution < -0.4 is 10.6 Å². The Labute approximate surface area is 197 Å². The van der Waals surface area contributed by atoms with Crippen LogP contribution in [0.3, 0.4) is 0 Å². The highest BCUT2D eigenvalue weighted by atomic mass is 16.5. The number of β-amino-alcohol motifs (C(OH)–C–C–N with tert-alkyl or cyclic N) is 1. The van der Waals surface area contributed by atoms with Crippen molar-refractivity contribution in [3.05, 3.63) is 48.0 Å². The molecule has 0 spiro atoms. The van der Waals surface area contributed by atoms with Crippen molar-refractivity contribution < 1.29 is 14.9 Å². The molecule has 8 nitrogen and oxygen atoms in total. The Hall–Kier alpha value is -3.20. The van der Waals surface area contributed by atoms with E-state index in [1.165, 1.54) is 5.56 Å². The van der Waals surface area contributed by atoms with E-state index < -0.39 is 6.10 Å². The molecule has 3 atom stereocenters. The lowest BCUT2D eigenvalue weighted by molar-refractivity contribution is 0.0805. The van der Waals surface area contributed by atoms with Crippen LogP contribution in [0.15, 0.2) is 42.5 Å². The number of rotatable bonds is 3. The zero-order valence-corrected chi connectivity index (χ0v) is 18.9. The number of nitrogens with one attached hydrogen (secondary N) is 1. The van der Waals surface area contributed by atoms with Crippen LogP contribution in [0.25, 0.3) is 33.1 Å². The van der Waals surface area contributed by atoms with Crippen molar-refractivity contribution in [3.8, 4) is 17.1 Å². The lowest BCUT2D eigenvalue weighted by Gasteiger charge is -2.35. The van der Waals surface area contributed by atoms with E-state index in [9.17, 15) is 10.2 Å². The average Bonchev–Trinajstić information content (AvgIpc) is 3.26. The van der Waals surface area contributed by atoms with Gasteiger partial charge in [0.1, 0.15) is 17.3 Å². The predicted molar refractivity (Wildman–Crippen MR) is 132 cm³/mol. The summed E-state index contributed by atoms with van der Waals surface area (Å²) < 4.78 is 5.71. The zero-order chi connectivity index (χ0) is 23.2. The van der Waals surface area contributed by atoms with Crippen molar-refractivity contribution in [1.29, 1.82) is 0 Å². The number of nitrogens with zero attached hydrogens (tertiary/aromatic N) is 3. The first kappa shape index (κ1) is 21.3. The topological polar surface area (TPSA) is 121 Å². The summed E-state index contributed by atoms with van der Waals surface area (Å²) >= 11 is 0. The van der Waals surface area contributed by atoms with Crippen LogP contribution in [0.1, 0.15) is 30.7 Å². The molecule has 2 saturated heterocycles. The Morgan fingerprint density at radius 1 is 1.09 bits per heavy atom. The molecule has 2 aliphatic heterocycles. The number of phenols is 1. The van der Waals surface area contributed by atoms with E-state index in [0.717, 1.165) is 59.2 Å². The number of nitrogens with two attached hydrogens (primary N) is 1. The molecule has 2 fully saturated rings. The second-order valence-corrected chi connectivity index (χ2v) is 9.58. The number of aliphatic hydroxyl groups excluding tert-OH is 1. The Balaban J connectivity index is 1.49. The van der Waals surface area contributed by atoms with E-state index in [-0.39, 0.29) is 11.8 Å². The molecule has 0 saturated carbocycles. The number of aromatic hydroxyl groups is 1. The number of anilines is 1. The van der Waals surface area contributed by atoms with Crippen LogP contribution in [0.5, 0.6) is 5.75 Å². The number of pyridine rings is 1. The molecular formula is C26H29N5O3. The molecule has 1 unspecified atom stereocenters. The molecule has 2 aromatic carbocycles. The Morgan fingerprint density at radius 3 is 2.82 bits per heavy atom. The second-order valence-electron chi connectivity index (χ2n) is 9.58. The van der Waals surface area contributed by atoms with E-state index in [0.29, 0.717) is 31.1 Å². The quantitative estimate of drug-likeness (QED) is 0.371. The number of phenolic OH excluding ortho intramolecular Hbond substituents is 1. The monoisotopic (exact) mass is 459 g/mol. The minimum absolute atomic E-state index is 0.132. The van der Waals surface area contributed by atoms with E-state index in [1.807, 2.05) is 17.0 Å². The summed E-state index contributed by atoms with van der Waals surface area (Å²) in [6.45, 7) is 2.65. The van der Waals surface area contributed by atoms with Gasteiger partial charge in [0, 0.05) is 42.4 Å². The largest absolute Gasteiger partial charge is 0.508 e. The van der Waals surface area contributed by atoms with Crippen LogP contribution >= 0.6 is 0 Å². The first-order valence-corrected chi connectivity index (χ1v) is 11.9. The molecule has 5 N–H and O–H groups in total. The van der Waals surface area contributed by atoms with E-state index in [2.05, 4.69) is 28.4 Å². The number of fused-ring (bicyclic) bond motifs is 2. The molecule has 0 aliphatic carbocycles. The van der Waals surface area contributed by atoms with Crippen molar-refractivity contribution in [1.82, 2.24) is 15.2 Å². The summed E-state index contributed by atoms with van der Waals surface area (Å²) in [7, 11) is 0. The number of benzene rings is 2. The molecular weight excluding hydrogens is 430 g/mol. The SMILES string of the molecule is N[C@H]1C[C@@H](O)CN(c2nc(-c3n[nH]c4ccc(C5CCCOC5)cc34)cc3cc(O)ccc23)C1. The molecule has 176 valence electrons. The minimum Gasteiger partial charge on any atom is -0.508 e. The molecule has 4 heterocycles. The fraction of sp³-hybridized carbons (Fsp3) is 0.385. The minimum atomic E-state index is -0.507. The average molecular weight is 460 g/mol. The number of hydrogen-bond donors (Lipinski definition) is 4. The van der Waals surface area contributed by atoms with Gasteiger partial charge < -0.3 is 25.6 Å². The molecule has 8 heteroatoms. The van der Waals surface area contributed by atoms with Gasteiger partial charge in [-0.15, -0.1) is 0 Å². The fourth-order valence-electron chi connectivity index (χ4n) is 5.36. The summed E-state index contributed by atoms with van der Waals surface area (Å²) in [4.78, 5) is 7.07. The summed E-state index contributed by atoms with van der Waals surface area (Å²) in [6, 6.07) is 13.5. The van der Waals surface area contributed by atoms with Crippen molar-refractivity contribution in [2.75, 3.05) is 31.2 Å². The van der Waals surface area contributed by atoms with Gasteiger partial charge in [0.25, 0.3) is 0 Å². The van der Waals surface area contributed by atoms with Crippen molar-refractivity contribution in [2.45, 2.75) is 37.3 Å². The summed E-state index contributed by atoms with van der Waals surface area (Å²) in [6.07, 6.45) is 2.26. The lowest BCUT2D eigenvalue weighted by atomic mass is 9.92. The van der Waals surface area contributed by atoms with Crippen molar-refractivity contribution in [3.63, 3.8) is 0 Å². The first-order chi connectivity index (χ1) is 16.5. The van der Waals surface area contributed by atoms with Crippen molar-refractivity contribution in [2.24, 2.45) is 5.73 Å². The first-order valence-electron chi connectivity index (χ1n) is 11.9. The van der Waals surface area contributed by atoms with E-state index in [1.54, 1.807) is 12.1 Å². The van der Waals surface area contributed by atoms with Gasteiger partial charge in [-0.3, -0.25) is 5.10 Å². The zero-order valence-electron chi connectivity index (χ0n) is 18.9. The third-order valence-corrected chi connectivity index (χ3v) is 7.02. The molecule has 34 heavy (non-hydrogen) atoms. The predicted octanol–water partition coefficient (Wildman–Crippen LogP) is 3.28. The number of hydrogen-bond acceptors (Lipinski definition) is 7. The van der Waals surface area contributed by atoms with Crippen LogP contribution in [-0.2, 0) is 4.74 Å². The number of aliphatic hydroxyl groups is 1. The van der Waals surface area contributed by atoms with Crippen LogP contribution in [0, 0.1) is 0 Å². The number of aromatic nitrogens is 3. The summed E-state index contributed by atoms with van der Waals surface area (Å²) in [5.74, 6) is 1.32. The van der Waals surface area contributed by atoms with Gasteiger partial charge in [-0.05, 0) is 66.6 Å². The summed E-state index contributed by atoms with van der Waals surface area (Å²) in [5, 5.41) is 31.1. The van der Waals surface area contributed by atoms with E-state index in [4.69, 9.17) is 15.5 Å². The molecule has 6 rings (SSSR count). The van der Waals surface area contributed by atoms with Gasteiger partial charge in [0.05, 0.1) is 23.9 Å².